The number of fused-ring (bicyclic) bond motifs is 1. The van der Waals surface area contributed by atoms with Gasteiger partial charge in [-0.2, -0.15) is 0 Å². The number of rotatable bonds is 5. The number of hydrogen-bond acceptors (Lipinski definition) is 3. The highest BCUT2D eigenvalue weighted by atomic mass is 16.5. The molecule has 2 aliphatic rings. The Balaban J connectivity index is 1.52. The molecule has 2 heterocycles. The predicted octanol–water partition coefficient (Wildman–Crippen LogP) is 2.49. The second-order valence-electron chi connectivity index (χ2n) is 6.03. The molecule has 1 N–H and O–H groups in total. The lowest BCUT2D eigenvalue weighted by Crippen LogP contribution is -2.45. The van der Waals surface area contributed by atoms with Gasteiger partial charge >= 0.3 is 5.97 Å². The topological polar surface area (TPSA) is 49.8 Å². The number of aryl methyl sites for hydroxylation is 1. The molecule has 2 aliphatic heterocycles. The Hall–Kier alpha value is -1.55. The third kappa shape index (κ3) is 3.38. The van der Waals surface area contributed by atoms with E-state index in [9.17, 15) is 9.90 Å². The van der Waals surface area contributed by atoms with Crippen molar-refractivity contribution < 1.29 is 14.6 Å². The summed E-state index contributed by atoms with van der Waals surface area (Å²) in [5, 5.41) is 9.28. The van der Waals surface area contributed by atoms with Crippen molar-refractivity contribution in [2.45, 2.75) is 44.6 Å². The van der Waals surface area contributed by atoms with E-state index in [-0.39, 0.29) is 6.04 Å². The SMILES string of the molecule is O=C(O)C1CCCCN1CCCc1ccc2c(c1)CCO2. The zero-order valence-corrected chi connectivity index (χ0v) is 12.4. The Morgan fingerprint density at radius 2 is 2.29 bits per heavy atom. The largest absolute Gasteiger partial charge is 0.493 e. The minimum atomic E-state index is -0.663. The molecule has 1 aromatic carbocycles. The van der Waals surface area contributed by atoms with Gasteiger partial charge in [0.2, 0.25) is 0 Å². The molecule has 4 heteroatoms. The van der Waals surface area contributed by atoms with Gasteiger partial charge in [-0.15, -0.1) is 0 Å². The molecule has 1 unspecified atom stereocenters. The zero-order valence-electron chi connectivity index (χ0n) is 12.4. The van der Waals surface area contributed by atoms with Crippen LogP contribution in [-0.2, 0) is 17.6 Å². The molecule has 1 saturated heterocycles. The van der Waals surface area contributed by atoms with Crippen molar-refractivity contribution in [1.82, 2.24) is 4.90 Å². The number of aliphatic carboxylic acids is 1. The fraction of sp³-hybridized carbons (Fsp3) is 0.588. The van der Waals surface area contributed by atoms with E-state index in [4.69, 9.17) is 4.74 Å². The van der Waals surface area contributed by atoms with Crippen LogP contribution in [0.4, 0.5) is 0 Å². The first kappa shape index (κ1) is 14.4. The van der Waals surface area contributed by atoms with Gasteiger partial charge in [0.1, 0.15) is 11.8 Å². The van der Waals surface area contributed by atoms with Gasteiger partial charge in [0.05, 0.1) is 6.61 Å². The van der Waals surface area contributed by atoms with E-state index in [2.05, 4.69) is 23.1 Å². The number of nitrogens with zero attached hydrogens (tertiary/aromatic N) is 1. The first-order valence-electron chi connectivity index (χ1n) is 7.95. The maximum Gasteiger partial charge on any atom is 0.320 e. The van der Waals surface area contributed by atoms with Crippen molar-refractivity contribution in [3.63, 3.8) is 0 Å². The van der Waals surface area contributed by atoms with Crippen LogP contribution < -0.4 is 4.74 Å². The van der Waals surface area contributed by atoms with Crippen LogP contribution in [-0.4, -0.2) is 41.7 Å². The molecule has 0 radical (unpaired) electrons. The summed E-state index contributed by atoms with van der Waals surface area (Å²) >= 11 is 0. The Bertz CT molecular complexity index is 515. The third-order valence-electron chi connectivity index (χ3n) is 4.56. The second kappa shape index (κ2) is 6.48. The Kier molecular flexibility index (Phi) is 4.44. The zero-order chi connectivity index (χ0) is 14.7. The van der Waals surface area contributed by atoms with Gasteiger partial charge in [-0.05, 0) is 56.0 Å². The summed E-state index contributed by atoms with van der Waals surface area (Å²) in [7, 11) is 0. The van der Waals surface area contributed by atoms with Gasteiger partial charge in [-0.25, -0.2) is 0 Å². The molecule has 114 valence electrons. The fourth-order valence-electron chi connectivity index (χ4n) is 3.42. The van der Waals surface area contributed by atoms with Crippen molar-refractivity contribution in [2.24, 2.45) is 0 Å². The molecule has 21 heavy (non-hydrogen) atoms. The van der Waals surface area contributed by atoms with Crippen LogP contribution in [0.25, 0.3) is 0 Å². The highest BCUT2D eigenvalue weighted by molar-refractivity contribution is 5.73. The lowest BCUT2D eigenvalue weighted by molar-refractivity contribution is -0.144. The van der Waals surface area contributed by atoms with E-state index in [0.29, 0.717) is 0 Å². The fourth-order valence-corrected chi connectivity index (χ4v) is 3.42. The van der Waals surface area contributed by atoms with Crippen molar-refractivity contribution in [3.05, 3.63) is 29.3 Å². The van der Waals surface area contributed by atoms with Gasteiger partial charge in [-0.1, -0.05) is 18.6 Å². The molecule has 1 fully saturated rings. The van der Waals surface area contributed by atoms with Crippen molar-refractivity contribution >= 4 is 5.97 Å². The molecule has 4 nitrogen and oxygen atoms in total. The van der Waals surface area contributed by atoms with Crippen LogP contribution >= 0.6 is 0 Å². The van der Waals surface area contributed by atoms with E-state index in [0.717, 1.165) is 64.0 Å². The molecule has 0 amide bonds. The number of carboxylic acid groups (broad SMARTS) is 1. The van der Waals surface area contributed by atoms with Gasteiger partial charge in [-0.3, -0.25) is 9.69 Å². The number of hydrogen-bond donors (Lipinski definition) is 1. The van der Waals surface area contributed by atoms with Crippen molar-refractivity contribution in [2.75, 3.05) is 19.7 Å². The smallest absolute Gasteiger partial charge is 0.320 e. The van der Waals surface area contributed by atoms with Crippen molar-refractivity contribution in [1.29, 1.82) is 0 Å². The van der Waals surface area contributed by atoms with Gasteiger partial charge in [0, 0.05) is 6.42 Å². The van der Waals surface area contributed by atoms with Crippen LogP contribution in [0.5, 0.6) is 5.75 Å². The first-order chi connectivity index (χ1) is 10.2. The molecular formula is C17H23NO3. The van der Waals surface area contributed by atoms with Crippen LogP contribution in [0.3, 0.4) is 0 Å². The molecule has 0 spiro atoms. The van der Waals surface area contributed by atoms with E-state index in [1.807, 2.05) is 0 Å². The predicted molar refractivity (Wildman–Crippen MR) is 80.8 cm³/mol. The summed E-state index contributed by atoms with van der Waals surface area (Å²) in [4.78, 5) is 13.4. The quantitative estimate of drug-likeness (QED) is 0.905. The number of benzene rings is 1. The van der Waals surface area contributed by atoms with E-state index in [1.165, 1.54) is 11.1 Å². The Labute approximate surface area is 125 Å². The molecule has 0 aliphatic carbocycles. The maximum absolute atomic E-state index is 11.3. The number of piperidine rings is 1. The van der Waals surface area contributed by atoms with Gasteiger partial charge < -0.3 is 9.84 Å². The summed E-state index contributed by atoms with van der Waals surface area (Å²) in [5.41, 5.74) is 2.65. The Morgan fingerprint density at radius 1 is 1.38 bits per heavy atom. The average molecular weight is 289 g/mol. The lowest BCUT2D eigenvalue weighted by atomic mass is 10.0. The lowest BCUT2D eigenvalue weighted by Gasteiger charge is -2.32. The van der Waals surface area contributed by atoms with E-state index < -0.39 is 5.97 Å². The normalized spacial score (nSPS) is 21.8. The second-order valence-corrected chi connectivity index (χ2v) is 6.03. The van der Waals surface area contributed by atoms with Gasteiger partial charge in [0.15, 0.2) is 0 Å². The molecule has 0 aromatic heterocycles. The summed E-state index contributed by atoms with van der Waals surface area (Å²) in [5.74, 6) is 0.366. The Morgan fingerprint density at radius 3 is 3.14 bits per heavy atom. The highest BCUT2D eigenvalue weighted by Gasteiger charge is 2.27. The summed E-state index contributed by atoms with van der Waals surface area (Å²) in [6.45, 7) is 2.60. The molecular weight excluding hydrogens is 266 g/mol. The highest BCUT2D eigenvalue weighted by Crippen LogP contribution is 2.26. The summed E-state index contributed by atoms with van der Waals surface area (Å²) in [6.07, 6.45) is 6.00. The van der Waals surface area contributed by atoms with Gasteiger partial charge in [0.25, 0.3) is 0 Å². The molecule has 0 saturated carbocycles. The van der Waals surface area contributed by atoms with Crippen molar-refractivity contribution in [3.8, 4) is 5.75 Å². The van der Waals surface area contributed by atoms with Crippen LogP contribution in [0, 0.1) is 0 Å². The minimum Gasteiger partial charge on any atom is -0.493 e. The molecule has 1 aromatic rings. The minimum absolute atomic E-state index is 0.271. The van der Waals surface area contributed by atoms with Crippen LogP contribution in [0.15, 0.2) is 18.2 Å². The number of carboxylic acids is 1. The van der Waals surface area contributed by atoms with E-state index in [1.54, 1.807) is 0 Å². The maximum atomic E-state index is 11.3. The third-order valence-corrected chi connectivity index (χ3v) is 4.56. The number of ether oxygens (including phenoxy) is 1. The van der Waals surface area contributed by atoms with Crippen LogP contribution in [0.2, 0.25) is 0 Å². The summed E-state index contributed by atoms with van der Waals surface area (Å²) in [6, 6.07) is 6.17. The number of carbonyl (C=O) groups is 1. The molecule has 1 atom stereocenters. The van der Waals surface area contributed by atoms with Crippen LogP contribution in [0.1, 0.15) is 36.8 Å². The molecule has 3 rings (SSSR count). The van der Waals surface area contributed by atoms with E-state index >= 15 is 0 Å². The average Bonchev–Trinajstić information content (AvgIpc) is 2.95. The monoisotopic (exact) mass is 289 g/mol. The standard InChI is InChI=1S/C17H23NO3/c19-17(20)15-5-1-2-9-18(15)10-3-4-13-6-7-16-14(12-13)8-11-21-16/h6-7,12,15H,1-5,8-11H2,(H,19,20). The molecule has 0 bridgehead atoms. The summed E-state index contributed by atoms with van der Waals surface area (Å²) < 4.78 is 5.52. The first-order valence-corrected chi connectivity index (χ1v) is 7.95. The number of likely N-dealkylation sites (tertiary alicyclic amines) is 1.